The minimum Gasteiger partial charge on any atom is -0.385 e. The Labute approximate surface area is 131 Å². The van der Waals surface area contributed by atoms with Crippen LogP contribution in [-0.2, 0) is 21.3 Å². The van der Waals surface area contributed by atoms with Gasteiger partial charge >= 0.3 is 0 Å². The van der Waals surface area contributed by atoms with Gasteiger partial charge in [-0.1, -0.05) is 0 Å². The first-order chi connectivity index (χ1) is 9.95. The molecule has 7 heteroatoms. The highest BCUT2D eigenvalue weighted by Crippen LogP contribution is 2.29. The Morgan fingerprint density at radius 1 is 1.48 bits per heavy atom. The van der Waals surface area contributed by atoms with E-state index >= 15 is 0 Å². The molecule has 0 aliphatic heterocycles. The lowest BCUT2D eigenvalue weighted by atomic mass is 10.3. The molecule has 5 nitrogen and oxygen atoms in total. The Balaban J connectivity index is 2.02. The number of methoxy groups -OCH3 is 1. The predicted molar refractivity (Wildman–Crippen MR) is 85.2 cm³/mol. The van der Waals surface area contributed by atoms with E-state index < -0.39 is 10.0 Å². The van der Waals surface area contributed by atoms with Gasteiger partial charge in [0, 0.05) is 44.8 Å². The molecule has 120 valence electrons. The van der Waals surface area contributed by atoms with Crippen molar-refractivity contribution in [3.63, 3.8) is 0 Å². The van der Waals surface area contributed by atoms with Crippen LogP contribution in [0.4, 0.5) is 0 Å². The van der Waals surface area contributed by atoms with Crippen LogP contribution < -0.4 is 5.32 Å². The van der Waals surface area contributed by atoms with E-state index in [2.05, 4.69) is 5.32 Å². The third-order valence-corrected chi connectivity index (χ3v) is 7.16. The van der Waals surface area contributed by atoms with Crippen LogP contribution in [0.1, 0.15) is 29.7 Å². The van der Waals surface area contributed by atoms with Crippen LogP contribution in [0.25, 0.3) is 0 Å². The number of sulfonamides is 1. The lowest BCUT2D eigenvalue weighted by Gasteiger charge is -2.15. The van der Waals surface area contributed by atoms with E-state index in [1.54, 1.807) is 20.2 Å². The molecule has 1 fully saturated rings. The van der Waals surface area contributed by atoms with Crippen LogP contribution in [0.5, 0.6) is 0 Å². The third-order valence-electron chi connectivity index (χ3n) is 3.61. The fourth-order valence-electron chi connectivity index (χ4n) is 2.02. The fraction of sp³-hybridized carbons (Fsp3) is 0.714. The maximum atomic E-state index is 12.5. The normalized spacial score (nSPS) is 15.8. The molecule has 0 spiro atoms. The highest BCUT2D eigenvalue weighted by molar-refractivity contribution is 7.91. The van der Waals surface area contributed by atoms with Crippen molar-refractivity contribution in [1.29, 1.82) is 0 Å². The van der Waals surface area contributed by atoms with Gasteiger partial charge in [0.05, 0.1) is 0 Å². The SMILES string of the molecule is COCCCN(C)S(=O)(=O)c1cc(C)c(CNC2CC2)s1. The van der Waals surface area contributed by atoms with Crippen molar-refractivity contribution in [3.8, 4) is 0 Å². The third kappa shape index (κ3) is 4.50. The van der Waals surface area contributed by atoms with Crippen LogP contribution >= 0.6 is 11.3 Å². The zero-order valence-corrected chi connectivity index (χ0v) is 14.5. The summed E-state index contributed by atoms with van der Waals surface area (Å²) < 4.78 is 31.9. The number of hydrogen-bond acceptors (Lipinski definition) is 5. The minimum atomic E-state index is -3.38. The molecule has 0 radical (unpaired) electrons. The molecule has 1 N–H and O–H groups in total. The van der Waals surface area contributed by atoms with E-state index in [1.165, 1.54) is 28.5 Å². The average molecular weight is 332 g/mol. The molecular formula is C14H24N2O3S2. The van der Waals surface area contributed by atoms with E-state index in [0.29, 0.717) is 29.8 Å². The van der Waals surface area contributed by atoms with Gasteiger partial charge in [-0.3, -0.25) is 0 Å². The molecule has 1 heterocycles. The molecule has 0 bridgehead atoms. The van der Waals surface area contributed by atoms with E-state index in [-0.39, 0.29) is 0 Å². The van der Waals surface area contributed by atoms with Gasteiger partial charge in [-0.05, 0) is 37.8 Å². The lowest BCUT2D eigenvalue weighted by molar-refractivity contribution is 0.189. The van der Waals surface area contributed by atoms with Gasteiger partial charge in [0.15, 0.2) is 0 Å². The monoisotopic (exact) mass is 332 g/mol. The van der Waals surface area contributed by atoms with Crippen molar-refractivity contribution in [1.82, 2.24) is 9.62 Å². The Bertz CT molecular complexity index is 565. The number of thiophene rings is 1. The van der Waals surface area contributed by atoms with E-state index in [1.807, 2.05) is 6.92 Å². The minimum absolute atomic E-state index is 0.438. The average Bonchev–Trinajstić information content (AvgIpc) is 3.19. The van der Waals surface area contributed by atoms with Gasteiger partial charge in [0.2, 0.25) is 0 Å². The summed E-state index contributed by atoms with van der Waals surface area (Å²) >= 11 is 1.38. The molecule has 1 aliphatic rings. The highest BCUT2D eigenvalue weighted by Gasteiger charge is 2.25. The highest BCUT2D eigenvalue weighted by atomic mass is 32.2. The maximum absolute atomic E-state index is 12.5. The number of nitrogens with one attached hydrogen (secondary N) is 1. The molecular weight excluding hydrogens is 308 g/mol. The summed E-state index contributed by atoms with van der Waals surface area (Å²) in [5.74, 6) is 0. The number of hydrogen-bond donors (Lipinski definition) is 1. The smallest absolute Gasteiger partial charge is 0.252 e. The molecule has 1 aromatic rings. The van der Waals surface area contributed by atoms with Crippen molar-refractivity contribution < 1.29 is 13.2 Å². The molecule has 0 amide bonds. The second-order valence-corrected chi connectivity index (χ2v) is 8.91. The Hall–Kier alpha value is -0.470. The van der Waals surface area contributed by atoms with Crippen molar-refractivity contribution in [3.05, 3.63) is 16.5 Å². The topological polar surface area (TPSA) is 58.6 Å². The largest absolute Gasteiger partial charge is 0.385 e. The number of aryl methyl sites for hydroxylation is 1. The molecule has 1 aromatic heterocycles. The van der Waals surface area contributed by atoms with Gasteiger partial charge in [-0.15, -0.1) is 11.3 Å². The molecule has 0 saturated heterocycles. The van der Waals surface area contributed by atoms with E-state index in [4.69, 9.17) is 4.74 Å². The molecule has 1 saturated carbocycles. The summed E-state index contributed by atoms with van der Waals surface area (Å²) in [5, 5.41) is 3.44. The van der Waals surface area contributed by atoms with E-state index in [0.717, 1.165) is 17.0 Å². The maximum Gasteiger partial charge on any atom is 0.252 e. The van der Waals surface area contributed by atoms with Crippen molar-refractivity contribution in [2.45, 2.75) is 43.0 Å². The van der Waals surface area contributed by atoms with Crippen molar-refractivity contribution >= 4 is 21.4 Å². The molecule has 2 rings (SSSR count). The number of ether oxygens (including phenoxy) is 1. The zero-order chi connectivity index (χ0) is 15.5. The summed E-state index contributed by atoms with van der Waals surface area (Å²) in [6.07, 6.45) is 3.17. The van der Waals surface area contributed by atoms with Gasteiger partial charge in [-0.2, -0.15) is 0 Å². The first kappa shape index (κ1) is 16.9. The Morgan fingerprint density at radius 3 is 2.81 bits per heavy atom. The summed E-state index contributed by atoms with van der Waals surface area (Å²) in [6, 6.07) is 2.42. The first-order valence-corrected chi connectivity index (χ1v) is 9.48. The van der Waals surface area contributed by atoms with Crippen molar-refractivity contribution in [2.24, 2.45) is 0 Å². The number of nitrogens with zero attached hydrogens (tertiary/aromatic N) is 1. The quantitative estimate of drug-likeness (QED) is 0.703. The molecule has 1 aliphatic carbocycles. The summed E-state index contributed by atoms with van der Waals surface area (Å²) in [7, 11) is -0.127. The van der Waals surface area contributed by atoms with Gasteiger partial charge < -0.3 is 10.1 Å². The molecule has 21 heavy (non-hydrogen) atoms. The Morgan fingerprint density at radius 2 is 2.19 bits per heavy atom. The summed E-state index contributed by atoms with van der Waals surface area (Å²) in [5.41, 5.74) is 1.05. The van der Waals surface area contributed by atoms with Crippen LogP contribution in [-0.4, -0.2) is 46.1 Å². The second-order valence-electron chi connectivity index (χ2n) is 5.50. The summed E-state index contributed by atoms with van der Waals surface area (Å²) in [4.78, 5) is 1.12. The lowest BCUT2D eigenvalue weighted by Crippen LogP contribution is -2.28. The molecule has 0 unspecified atom stereocenters. The van der Waals surface area contributed by atoms with Crippen LogP contribution in [0, 0.1) is 6.92 Å². The van der Waals surface area contributed by atoms with E-state index in [9.17, 15) is 8.42 Å². The fourth-order valence-corrected chi connectivity index (χ4v) is 4.98. The van der Waals surface area contributed by atoms with Gasteiger partial charge in [-0.25, -0.2) is 12.7 Å². The summed E-state index contributed by atoms with van der Waals surface area (Å²) in [6.45, 7) is 3.79. The Kier molecular flexibility index (Phi) is 5.79. The standard InChI is InChI=1S/C14H24N2O3S2/c1-11-9-14(20-13(11)10-15-12-5-6-12)21(17,18)16(2)7-4-8-19-3/h9,12,15H,4-8,10H2,1-3H3. The predicted octanol–water partition coefficient (Wildman–Crippen LogP) is 1.97. The van der Waals surface area contributed by atoms with Gasteiger partial charge in [0.25, 0.3) is 10.0 Å². The van der Waals surface area contributed by atoms with Crippen LogP contribution in [0.2, 0.25) is 0 Å². The first-order valence-electron chi connectivity index (χ1n) is 7.23. The molecule has 0 aromatic carbocycles. The van der Waals surface area contributed by atoms with Crippen molar-refractivity contribution in [2.75, 3.05) is 27.3 Å². The molecule has 0 atom stereocenters. The van der Waals surface area contributed by atoms with Crippen LogP contribution in [0.15, 0.2) is 10.3 Å². The second kappa shape index (κ2) is 7.19. The number of rotatable bonds is 9. The van der Waals surface area contributed by atoms with Crippen LogP contribution in [0.3, 0.4) is 0 Å². The van der Waals surface area contributed by atoms with Gasteiger partial charge in [0.1, 0.15) is 4.21 Å². The zero-order valence-electron chi connectivity index (χ0n) is 12.9.